The van der Waals surface area contributed by atoms with Crippen LogP contribution in [0, 0.1) is 5.92 Å². The average molecular weight is 338 g/mol. The number of nitrogens with one attached hydrogen (secondary N) is 2. The van der Waals surface area contributed by atoms with Crippen molar-refractivity contribution in [1.29, 1.82) is 0 Å². The Kier molecular flexibility index (Phi) is 7.67. The largest absolute Gasteiger partial charge is 0.356 e. The summed E-state index contributed by atoms with van der Waals surface area (Å²) in [6.45, 7) is 5.85. The Hall–Kier alpha value is -0.480. The maximum Gasteiger partial charge on any atom is 0.221 e. The highest BCUT2D eigenvalue weighted by Gasteiger charge is 2.09. The van der Waals surface area contributed by atoms with Crippen molar-refractivity contribution in [3.8, 4) is 0 Å². The van der Waals surface area contributed by atoms with E-state index < -0.39 is 0 Å². The SMILES string of the molecule is CC(C)CNC(=O)CCNCc1c(Cl)ccc(Cl)c1Cl. The van der Waals surface area contributed by atoms with E-state index in [1.807, 2.05) is 0 Å². The number of amides is 1. The first-order valence-electron chi connectivity index (χ1n) is 6.51. The minimum Gasteiger partial charge on any atom is -0.356 e. The van der Waals surface area contributed by atoms with Gasteiger partial charge in [-0.2, -0.15) is 0 Å². The summed E-state index contributed by atoms with van der Waals surface area (Å²) in [6, 6.07) is 3.37. The molecule has 6 heteroatoms. The molecule has 0 spiro atoms. The van der Waals surface area contributed by atoms with Gasteiger partial charge in [0.2, 0.25) is 5.91 Å². The topological polar surface area (TPSA) is 41.1 Å². The molecule has 0 bridgehead atoms. The lowest BCUT2D eigenvalue weighted by molar-refractivity contribution is -0.121. The Morgan fingerprint density at radius 2 is 1.85 bits per heavy atom. The second-order valence-corrected chi connectivity index (χ2v) is 6.14. The van der Waals surface area contributed by atoms with E-state index >= 15 is 0 Å². The van der Waals surface area contributed by atoms with Gasteiger partial charge in [0.05, 0.1) is 10.0 Å². The molecule has 1 aromatic rings. The van der Waals surface area contributed by atoms with Crippen LogP contribution in [0.1, 0.15) is 25.8 Å². The van der Waals surface area contributed by atoms with Gasteiger partial charge in [-0.05, 0) is 18.1 Å². The fraction of sp³-hybridized carbons (Fsp3) is 0.500. The molecule has 1 aromatic carbocycles. The van der Waals surface area contributed by atoms with E-state index in [1.54, 1.807) is 12.1 Å². The Morgan fingerprint density at radius 3 is 2.50 bits per heavy atom. The third-order valence-corrected chi connectivity index (χ3v) is 3.87. The van der Waals surface area contributed by atoms with Gasteiger partial charge in [-0.1, -0.05) is 48.7 Å². The first kappa shape index (κ1) is 17.6. The van der Waals surface area contributed by atoms with Gasteiger partial charge in [-0.25, -0.2) is 0 Å². The van der Waals surface area contributed by atoms with Crippen molar-refractivity contribution in [2.24, 2.45) is 5.92 Å². The van der Waals surface area contributed by atoms with E-state index in [0.29, 0.717) is 47.0 Å². The number of carbonyl (C=O) groups is 1. The third-order valence-electron chi connectivity index (χ3n) is 2.68. The van der Waals surface area contributed by atoms with Crippen molar-refractivity contribution in [1.82, 2.24) is 10.6 Å². The molecule has 0 radical (unpaired) electrons. The van der Waals surface area contributed by atoms with E-state index in [0.717, 1.165) is 5.56 Å². The lowest BCUT2D eigenvalue weighted by Crippen LogP contribution is -2.30. The molecule has 2 N–H and O–H groups in total. The fourth-order valence-electron chi connectivity index (χ4n) is 1.55. The van der Waals surface area contributed by atoms with E-state index in [4.69, 9.17) is 34.8 Å². The minimum atomic E-state index is 0.0366. The van der Waals surface area contributed by atoms with Crippen molar-refractivity contribution in [3.05, 3.63) is 32.8 Å². The summed E-state index contributed by atoms with van der Waals surface area (Å²) in [5, 5.41) is 7.50. The normalized spacial score (nSPS) is 10.9. The van der Waals surface area contributed by atoms with Gasteiger partial charge >= 0.3 is 0 Å². The summed E-state index contributed by atoms with van der Waals surface area (Å²) in [5.41, 5.74) is 0.753. The van der Waals surface area contributed by atoms with Crippen molar-refractivity contribution in [2.75, 3.05) is 13.1 Å². The zero-order chi connectivity index (χ0) is 15.1. The Bertz CT molecular complexity index is 464. The molecule has 3 nitrogen and oxygen atoms in total. The molecule has 0 aromatic heterocycles. The van der Waals surface area contributed by atoms with Gasteiger partial charge in [0, 0.05) is 36.6 Å². The number of hydrogen-bond acceptors (Lipinski definition) is 2. The van der Waals surface area contributed by atoms with Crippen molar-refractivity contribution in [2.45, 2.75) is 26.8 Å². The molecule has 112 valence electrons. The molecule has 0 atom stereocenters. The van der Waals surface area contributed by atoms with Gasteiger partial charge in [0.1, 0.15) is 0 Å². The van der Waals surface area contributed by atoms with Crippen LogP contribution in [0.5, 0.6) is 0 Å². The molecular formula is C14H19Cl3N2O. The van der Waals surface area contributed by atoms with E-state index in [9.17, 15) is 4.79 Å². The van der Waals surface area contributed by atoms with Gasteiger partial charge in [-0.3, -0.25) is 4.79 Å². The molecule has 20 heavy (non-hydrogen) atoms. The molecule has 1 rings (SSSR count). The van der Waals surface area contributed by atoms with E-state index in [2.05, 4.69) is 24.5 Å². The highest BCUT2D eigenvalue weighted by atomic mass is 35.5. The van der Waals surface area contributed by atoms with Gasteiger partial charge in [0.15, 0.2) is 0 Å². The van der Waals surface area contributed by atoms with Gasteiger partial charge in [0.25, 0.3) is 0 Å². The Balaban J connectivity index is 2.35. The zero-order valence-electron chi connectivity index (χ0n) is 11.6. The van der Waals surface area contributed by atoms with Crippen molar-refractivity contribution < 1.29 is 4.79 Å². The average Bonchev–Trinajstić information content (AvgIpc) is 2.40. The Labute approximate surface area is 135 Å². The first-order chi connectivity index (χ1) is 9.41. The molecule has 0 heterocycles. The predicted molar refractivity (Wildman–Crippen MR) is 85.6 cm³/mol. The molecule has 0 aliphatic carbocycles. The second-order valence-electron chi connectivity index (χ2n) is 4.95. The molecule has 1 amide bonds. The first-order valence-corrected chi connectivity index (χ1v) is 7.65. The number of halogens is 3. The lowest BCUT2D eigenvalue weighted by atomic mass is 10.2. The number of benzene rings is 1. The second kappa shape index (κ2) is 8.73. The molecule has 0 aliphatic rings. The van der Waals surface area contributed by atoms with E-state index in [-0.39, 0.29) is 5.91 Å². The summed E-state index contributed by atoms with van der Waals surface area (Å²) in [5.74, 6) is 0.491. The smallest absolute Gasteiger partial charge is 0.221 e. The summed E-state index contributed by atoms with van der Waals surface area (Å²) < 4.78 is 0. The molecular weight excluding hydrogens is 319 g/mol. The number of carbonyl (C=O) groups excluding carboxylic acids is 1. The van der Waals surface area contributed by atoms with Crippen LogP contribution in [-0.2, 0) is 11.3 Å². The Morgan fingerprint density at radius 1 is 1.20 bits per heavy atom. The van der Waals surface area contributed by atoms with Crippen LogP contribution in [0.4, 0.5) is 0 Å². The van der Waals surface area contributed by atoms with E-state index in [1.165, 1.54) is 0 Å². The maximum absolute atomic E-state index is 11.5. The van der Waals surface area contributed by atoms with Crippen LogP contribution in [0.25, 0.3) is 0 Å². The summed E-state index contributed by atoms with van der Waals surface area (Å²) in [7, 11) is 0. The standard InChI is InChI=1S/C14H19Cl3N2O/c1-9(2)7-19-13(20)5-6-18-8-10-11(15)3-4-12(16)14(10)17/h3-4,9,18H,5-8H2,1-2H3,(H,19,20). The van der Waals surface area contributed by atoms with Crippen LogP contribution >= 0.6 is 34.8 Å². The van der Waals surface area contributed by atoms with Crippen molar-refractivity contribution >= 4 is 40.7 Å². The minimum absolute atomic E-state index is 0.0366. The maximum atomic E-state index is 11.5. The van der Waals surface area contributed by atoms with Crippen molar-refractivity contribution in [3.63, 3.8) is 0 Å². The predicted octanol–water partition coefficient (Wildman–Crippen LogP) is 3.90. The van der Waals surface area contributed by atoms with Crippen LogP contribution in [0.2, 0.25) is 15.1 Å². The zero-order valence-corrected chi connectivity index (χ0v) is 13.9. The number of rotatable bonds is 7. The van der Waals surface area contributed by atoms with Crippen LogP contribution in [0.3, 0.4) is 0 Å². The molecule has 0 unspecified atom stereocenters. The van der Waals surface area contributed by atoms with Gasteiger partial charge < -0.3 is 10.6 Å². The monoisotopic (exact) mass is 336 g/mol. The highest BCUT2D eigenvalue weighted by Crippen LogP contribution is 2.31. The highest BCUT2D eigenvalue weighted by molar-refractivity contribution is 6.44. The fourth-order valence-corrected chi connectivity index (χ4v) is 2.23. The van der Waals surface area contributed by atoms with Gasteiger partial charge in [-0.15, -0.1) is 0 Å². The summed E-state index contributed by atoms with van der Waals surface area (Å²) >= 11 is 18.1. The lowest BCUT2D eigenvalue weighted by Gasteiger charge is -2.10. The number of hydrogen-bond donors (Lipinski definition) is 2. The quantitative estimate of drug-likeness (QED) is 0.585. The summed E-state index contributed by atoms with van der Waals surface area (Å²) in [4.78, 5) is 11.5. The molecule has 0 aliphatic heterocycles. The molecule has 0 saturated carbocycles. The van der Waals surface area contributed by atoms with Crippen LogP contribution in [0.15, 0.2) is 12.1 Å². The molecule has 0 fully saturated rings. The molecule has 0 saturated heterocycles. The van der Waals surface area contributed by atoms with Crippen LogP contribution in [-0.4, -0.2) is 19.0 Å². The summed E-state index contributed by atoms with van der Waals surface area (Å²) in [6.07, 6.45) is 0.419. The van der Waals surface area contributed by atoms with Crippen LogP contribution < -0.4 is 10.6 Å². The third kappa shape index (κ3) is 5.88.